The zero-order valence-electron chi connectivity index (χ0n) is 14.1. The van der Waals surface area contributed by atoms with Gasteiger partial charge in [0.05, 0.1) is 5.56 Å². The van der Waals surface area contributed by atoms with Crippen LogP contribution in [0.2, 0.25) is 0 Å². The second-order valence-electron chi connectivity index (χ2n) is 6.03. The summed E-state index contributed by atoms with van der Waals surface area (Å²) in [6.07, 6.45) is 0. The van der Waals surface area contributed by atoms with E-state index in [-0.39, 0.29) is 0 Å². The minimum atomic E-state index is -0.476. The van der Waals surface area contributed by atoms with Crippen LogP contribution in [0.4, 0.5) is 10.1 Å². The largest absolute Gasteiger partial charge is 0.422 e. The first-order chi connectivity index (χ1) is 13.1. The lowest BCUT2D eigenvalue weighted by atomic mass is 10.0. The van der Waals surface area contributed by atoms with E-state index < -0.39 is 17.3 Å². The molecule has 0 spiro atoms. The molecule has 27 heavy (non-hydrogen) atoms. The van der Waals surface area contributed by atoms with Gasteiger partial charge in [-0.05, 0) is 48.0 Å². The van der Waals surface area contributed by atoms with E-state index in [1.165, 1.54) is 18.2 Å². The zero-order valence-corrected chi connectivity index (χ0v) is 14.1. The first-order valence-corrected chi connectivity index (χ1v) is 8.30. The average Bonchev–Trinajstić information content (AvgIpc) is 2.67. The lowest BCUT2D eigenvalue weighted by Crippen LogP contribution is -2.12. The molecule has 0 aliphatic heterocycles. The van der Waals surface area contributed by atoms with Crippen LogP contribution in [0.15, 0.2) is 88.1 Å². The number of halogens is 1. The Morgan fingerprint density at radius 1 is 0.889 bits per heavy atom. The summed E-state index contributed by atoms with van der Waals surface area (Å²) in [6, 6.07) is 21.3. The molecule has 3 aromatic carbocycles. The molecule has 0 aliphatic rings. The maximum absolute atomic E-state index is 13.3. The number of carbonyl (C=O) groups excluding carboxylic acids is 1. The number of rotatable bonds is 3. The van der Waals surface area contributed by atoms with E-state index in [4.69, 9.17) is 4.42 Å². The number of fused-ring (bicyclic) bond motifs is 1. The summed E-state index contributed by atoms with van der Waals surface area (Å²) in [6.45, 7) is 0. The van der Waals surface area contributed by atoms with Crippen molar-refractivity contribution >= 4 is 22.6 Å². The zero-order chi connectivity index (χ0) is 18.8. The molecule has 0 atom stereocenters. The summed E-state index contributed by atoms with van der Waals surface area (Å²) in [5.41, 5.74) is 1.68. The Morgan fingerprint density at radius 2 is 1.70 bits per heavy atom. The number of benzene rings is 3. The third-order valence-electron chi connectivity index (χ3n) is 4.16. The highest BCUT2D eigenvalue weighted by Gasteiger charge is 2.12. The van der Waals surface area contributed by atoms with Gasteiger partial charge in [0.1, 0.15) is 11.4 Å². The van der Waals surface area contributed by atoms with E-state index in [1.807, 2.05) is 12.1 Å². The minimum Gasteiger partial charge on any atom is -0.422 e. The number of nitrogens with one attached hydrogen (secondary N) is 1. The summed E-state index contributed by atoms with van der Waals surface area (Å²) in [5.74, 6) is -0.831. The summed E-state index contributed by atoms with van der Waals surface area (Å²) in [5, 5.41) is 3.43. The standard InChI is InChI=1S/C22H14FNO3/c23-17-8-4-9-18(13-17)24-21(25)16-7-3-6-14(11-16)19-12-15-5-1-2-10-20(15)27-22(19)26/h1-13H,(H,24,25). The summed E-state index contributed by atoms with van der Waals surface area (Å²) in [4.78, 5) is 24.8. The second kappa shape index (κ2) is 6.88. The smallest absolute Gasteiger partial charge is 0.344 e. The van der Waals surface area contributed by atoms with E-state index in [2.05, 4.69) is 5.32 Å². The molecule has 5 heteroatoms. The highest BCUT2D eigenvalue weighted by molar-refractivity contribution is 6.05. The van der Waals surface area contributed by atoms with Gasteiger partial charge >= 0.3 is 5.63 Å². The molecule has 1 heterocycles. The fourth-order valence-corrected chi connectivity index (χ4v) is 2.86. The van der Waals surface area contributed by atoms with Crippen molar-refractivity contribution in [3.63, 3.8) is 0 Å². The topological polar surface area (TPSA) is 59.3 Å². The monoisotopic (exact) mass is 359 g/mol. The maximum atomic E-state index is 13.3. The molecule has 0 saturated carbocycles. The second-order valence-corrected chi connectivity index (χ2v) is 6.03. The quantitative estimate of drug-likeness (QED) is 0.532. The van der Waals surface area contributed by atoms with E-state index in [0.29, 0.717) is 28.0 Å². The van der Waals surface area contributed by atoms with Gasteiger partial charge in [-0.3, -0.25) is 4.79 Å². The van der Waals surface area contributed by atoms with E-state index in [9.17, 15) is 14.0 Å². The first kappa shape index (κ1) is 16.7. The normalized spacial score (nSPS) is 10.7. The van der Waals surface area contributed by atoms with Crippen LogP contribution in [0.5, 0.6) is 0 Å². The van der Waals surface area contributed by atoms with Crippen molar-refractivity contribution in [3.05, 3.63) is 101 Å². The minimum absolute atomic E-state index is 0.351. The molecule has 0 bridgehead atoms. The lowest BCUT2D eigenvalue weighted by molar-refractivity contribution is 0.102. The van der Waals surface area contributed by atoms with Gasteiger partial charge in [0.25, 0.3) is 5.91 Å². The van der Waals surface area contributed by atoms with E-state index in [0.717, 1.165) is 5.39 Å². The van der Waals surface area contributed by atoms with Gasteiger partial charge < -0.3 is 9.73 Å². The number of hydrogen-bond donors (Lipinski definition) is 1. The van der Waals surface area contributed by atoms with Gasteiger partial charge in [0, 0.05) is 16.6 Å². The number of carbonyl (C=O) groups is 1. The number of amides is 1. The van der Waals surface area contributed by atoms with Crippen LogP contribution in [-0.4, -0.2) is 5.91 Å². The van der Waals surface area contributed by atoms with Crippen LogP contribution < -0.4 is 10.9 Å². The van der Waals surface area contributed by atoms with Crippen molar-refractivity contribution in [3.8, 4) is 11.1 Å². The summed E-state index contributed by atoms with van der Waals surface area (Å²) < 4.78 is 18.6. The van der Waals surface area contributed by atoms with Crippen LogP contribution in [0.25, 0.3) is 22.1 Å². The lowest BCUT2D eigenvalue weighted by Gasteiger charge is -2.07. The molecule has 132 valence electrons. The molecule has 4 rings (SSSR count). The summed E-state index contributed by atoms with van der Waals surface area (Å²) >= 11 is 0. The molecule has 4 nitrogen and oxygen atoms in total. The van der Waals surface area contributed by atoms with Gasteiger partial charge in [0.2, 0.25) is 0 Å². The number of anilines is 1. The molecule has 1 amide bonds. The predicted octanol–water partition coefficient (Wildman–Crippen LogP) is 4.85. The molecule has 1 aromatic heterocycles. The Balaban J connectivity index is 1.69. The third-order valence-corrected chi connectivity index (χ3v) is 4.16. The Kier molecular flexibility index (Phi) is 4.26. The molecule has 0 unspecified atom stereocenters. The molecule has 0 fully saturated rings. The first-order valence-electron chi connectivity index (χ1n) is 8.30. The van der Waals surface area contributed by atoms with Crippen molar-refractivity contribution in [2.24, 2.45) is 0 Å². The van der Waals surface area contributed by atoms with Crippen molar-refractivity contribution in [1.29, 1.82) is 0 Å². The number of hydrogen-bond acceptors (Lipinski definition) is 3. The van der Waals surface area contributed by atoms with E-state index in [1.54, 1.807) is 48.5 Å². The Morgan fingerprint density at radius 3 is 2.56 bits per heavy atom. The van der Waals surface area contributed by atoms with Gasteiger partial charge in [-0.1, -0.05) is 36.4 Å². The fraction of sp³-hybridized carbons (Fsp3) is 0. The van der Waals surface area contributed by atoms with Crippen LogP contribution in [-0.2, 0) is 0 Å². The Bertz CT molecular complexity index is 1210. The van der Waals surface area contributed by atoms with Gasteiger partial charge in [-0.2, -0.15) is 0 Å². The molecule has 4 aromatic rings. The highest BCUT2D eigenvalue weighted by Crippen LogP contribution is 2.22. The highest BCUT2D eigenvalue weighted by atomic mass is 19.1. The van der Waals surface area contributed by atoms with Crippen LogP contribution in [0.3, 0.4) is 0 Å². The molecular formula is C22H14FNO3. The summed E-state index contributed by atoms with van der Waals surface area (Å²) in [7, 11) is 0. The van der Waals surface area contributed by atoms with Crippen molar-refractivity contribution in [2.45, 2.75) is 0 Å². The molecule has 0 radical (unpaired) electrons. The van der Waals surface area contributed by atoms with Gasteiger partial charge in [-0.15, -0.1) is 0 Å². The van der Waals surface area contributed by atoms with Gasteiger partial charge in [-0.25, -0.2) is 9.18 Å². The molecular weight excluding hydrogens is 345 g/mol. The van der Waals surface area contributed by atoms with Crippen molar-refractivity contribution in [1.82, 2.24) is 0 Å². The molecule has 0 aliphatic carbocycles. The van der Waals surface area contributed by atoms with E-state index >= 15 is 0 Å². The molecule has 1 N–H and O–H groups in total. The van der Waals surface area contributed by atoms with Gasteiger partial charge in [0.15, 0.2) is 0 Å². The predicted molar refractivity (Wildman–Crippen MR) is 102 cm³/mol. The van der Waals surface area contributed by atoms with Crippen molar-refractivity contribution in [2.75, 3.05) is 5.32 Å². The van der Waals surface area contributed by atoms with Crippen LogP contribution in [0.1, 0.15) is 10.4 Å². The number of para-hydroxylation sites is 1. The Hall–Kier alpha value is -3.73. The maximum Gasteiger partial charge on any atom is 0.344 e. The third kappa shape index (κ3) is 3.48. The van der Waals surface area contributed by atoms with Crippen LogP contribution in [0, 0.1) is 5.82 Å². The fourth-order valence-electron chi connectivity index (χ4n) is 2.86. The average molecular weight is 359 g/mol. The SMILES string of the molecule is O=C(Nc1cccc(F)c1)c1cccc(-c2cc3ccccc3oc2=O)c1. The molecule has 0 saturated heterocycles. The Labute approximate surface area is 153 Å². The van der Waals surface area contributed by atoms with Crippen molar-refractivity contribution < 1.29 is 13.6 Å². The van der Waals surface area contributed by atoms with Crippen LogP contribution >= 0.6 is 0 Å².